The fraction of sp³-hybridized carbons (Fsp3) is 0.538. The Morgan fingerprint density at radius 1 is 1.47 bits per heavy atom. The van der Waals surface area contributed by atoms with E-state index in [4.69, 9.17) is 16.7 Å². The van der Waals surface area contributed by atoms with E-state index in [1.54, 1.807) is 11.8 Å². The van der Waals surface area contributed by atoms with Crippen LogP contribution in [0, 0.1) is 0 Å². The monoisotopic (exact) mass is 273 g/mol. The molecule has 1 unspecified atom stereocenters. The molecule has 0 aliphatic carbocycles. The van der Waals surface area contributed by atoms with E-state index in [2.05, 4.69) is 18.3 Å². The first-order valence-corrected chi connectivity index (χ1v) is 7.20. The quantitative estimate of drug-likeness (QED) is 0.591. The van der Waals surface area contributed by atoms with Crippen molar-refractivity contribution in [3.8, 4) is 0 Å². The minimum atomic E-state index is 0.164. The van der Waals surface area contributed by atoms with Gasteiger partial charge >= 0.3 is 0 Å². The minimum absolute atomic E-state index is 0.164. The van der Waals surface area contributed by atoms with Gasteiger partial charge in [-0.05, 0) is 24.6 Å². The van der Waals surface area contributed by atoms with Gasteiger partial charge in [0.05, 0.1) is 11.6 Å². The second kappa shape index (κ2) is 7.98. The van der Waals surface area contributed by atoms with Gasteiger partial charge in [0.25, 0.3) is 0 Å². The summed E-state index contributed by atoms with van der Waals surface area (Å²) in [6.45, 7) is 6.14. The first kappa shape index (κ1) is 14.8. The summed E-state index contributed by atoms with van der Waals surface area (Å²) in [5, 5.41) is 13.4. The van der Waals surface area contributed by atoms with Crippen molar-refractivity contribution in [2.45, 2.75) is 37.0 Å². The van der Waals surface area contributed by atoms with Gasteiger partial charge in [-0.15, -0.1) is 11.8 Å². The van der Waals surface area contributed by atoms with Crippen LogP contribution in [0.4, 0.5) is 0 Å². The minimum Gasteiger partial charge on any atom is -0.395 e. The second-order valence-corrected chi connectivity index (χ2v) is 5.87. The first-order chi connectivity index (χ1) is 8.19. The largest absolute Gasteiger partial charge is 0.395 e. The van der Waals surface area contributed by atoms with Crippen LogP contribution in [0.1, 0.15) is 25.8 Å². The summed E-state index contributed by atoms with van der Waals surface area (Å²) in [6.07, 6.45) is 1.12. The van der Waals surface area contributed by atoms with Crippen molar-refractivity contribution in [1.82, 2.24) is 5.32 Å². The summed E-state index contributed by atoms with van der Waals surface area (Å²) in [4.78, 5) is 1.08. The van der Waals surface area contributed by atoms with Crippen LogP contribution in [0.2, 0.25) is 5.02 Å². The molecule has 0 bridgehead atoms. The van der Waals surface area contributed by atoms with Gasteiger partial charge in [-0.1, -0.05) is 37.6 Å². The van der Waals surface area contributed by atoms with Gasteiger partial charge < -0.3 is 10.4 Å². The zero-order chi connectivity index (χ0) is 12.7. The molecule has 2 N–H and O–H groups in total. The fourth-order valence-corrected chi connectivity index (χ4v) is 2.74. The van der Waals surface area contributed by atoms with E-state index in [1.165, 1.54) is 5.56 Å². The molecule has 0 heterocycles. The van der Waals surface area contributed by atoms with Crippen LogP contribution in [0.25, 0.3) is 0 Å². The van der Waals surface area contributed by atoms with Crippen molar-refractivity contribution in [3.05, 3.63) is 28.8 Å². The number of benzene rings is 1. The van der Waals surface area contributed by atoms with Crippen molar-refractivity contribution < 1.29 is 5.11 Å². The smallest absolute Gasteiger partial charge is 0.0550 e. The maximum Gasteiger partial charge on any atom is 0.0550 e. The zero-order valence-corrected chi connectivity index (χ0v) is 11.9. The molecule has 1 atom stereocenters. The molecule has 1 aromatic rings. The number of thioether (sulfide) groups is 1. The van der Waals surface area contributed by atoms with E-state index in [1.807, 2.05) is 19.1 Å². The Kier molecular flexibility index (Phi) is 6.97. The Labute approximate surface area is 113 Å². The van der Waals surface area contributed by atoms with Gasteiger partial charge in [0.1, 0.15) is 0 Å². The summed E-state index contributed by atoms with van der Waals surface area (Å²) in [7, 11) is 0. The first-order valence-electron chi connectivity index (χ1n) is 5.94. The Hall–Kier alpha value is -0.220. The predicted octanol–water partition coefficient (Wildman–Crippen LogP) is 3.31. The number of aliphatic hydroxyl groups excluding tert-OH is 1. The highest BCUT2D eigenvalue weighted by molar-refractivity contribution is 8.00. The molecule has 1 rings (SSSR count). The van der Waals surface area contributed by atoms with Crippen LogP contribution >= 0.6 is 23.4 Å². The number of halogens is 1. The second-order valence-electron chi connectivity index (χ2n) is 4.02. The molecule has 2 nitrogen and oxygen atoms in total. The lowest BCUT2D eigenvalue weighted by Gasteiger charge is -2.14. The molecule has 0 spiro atoms. The molecule has 0 saturated carbocycles. The lowest BCUT2D eigenvalue weighted by atomic mass is 10.2. The standard InChI is InChI=1S/C13H20ClNOS/c1-3-7-15-8-11-5-4-6-12(14)13(11)17-10(2)9-16/h4-6,10,15-16H,3,7-9H2,1-2H3. The summed E-state index contributed by atoms with van der Waals surface area (Å²) < 4.78 is 0. The number of hydrogen-bond donors (Lipinski definition) is 2. The van der Waals surface area contributed by atoms with E-state index >= 15 is 0 Å². The maximum absolute atomic E-state index is 9.11. The average Bonchev–Trinajstić information content (AvgIpc) is 2.33. The molecule has 0 saturated heterocycles. The third-order valence-corrected chi connectivity index (χ3v) is 4.06. The van der Waals surface area contributed by atoms with Gasteiger partial charge in [-0.25, -0.2) is 0 Å². The van der Waals surface area contributed by atoms with Gasteiger partial charge in [-0.2, -0.15) is 0 Å². The third-order valence-electron chi connectivity index (χ3n) is 2.37. The molecule has 96 valence electrons. The summed E-state index contributed by atoms with van der Waals surface area (Å²) in [6, 6.07) is 5.96. The van der Waals surface area contributed by atoms with Crippen LogP contribution in [-0.2, 0) is 6.54 Å². The fourth-order valence-electron chi connectivity index (χ4n) is 1.46. The van der Waals surface area contributed by atoms with E-state index in [0.717, 1.165) is 29.4 Å². The van der Waals surface area contributed by atoms with Gasteiger partial charge in [0.2, 0.25) is 0 Å². The molecule has 0 fully saturated rings. The highest BCUT2D eigenvalue weighted by atomic mass is 35.5. The van der Waals surface area contributed by atoms with Gasteiger partial charge in [-0.3, -0.25) is 0 Å². The van der Waals surface area contributed by atoms with Crippen LogP contribution in [0.15, 0.2) is 23.1 Å². The molecule has 0 aliphatic heterocycles. The maximum atomic E-state index is 9.11. The molecule has 17 heavy (non-hydrogen) atoms. The molecule has 0 aromatic heterocycles. The Morgan fingerprint density at radius 2 is 2.24 bits per heavy atom. The summed E-state index contributed by atoms with van der Waals surface area (Å²) in [5.41, 5.74) is 1.20. The van der Waals surface area contributed by atoms with E-state index in [-0.39, 0.29) is 11.9 Å². The number of aliphatic hydroxyl groups is 1. The van der Waals surface area contributed by atoms with Crippen LogP contribution in [0.3, 0.4) is 0 Å². The highest BCUT2D eigenvalue weighted by Crippen LogP contribution is 2.33. The van der Waals surface area contributed by atoms with Crippen LogP contribution < -0.4 is 5.32 Å². The average molecular weight is 274 g/mol. The molecule has 1 aromatic carbocycles. The SMILES string of the molecule is CCCNCc1cccc(Cl)c1SC(C)CO. The van der Waals surface area contributed by atoms with E-state index < -0.39 is 0 Å². The number of nitrogens with one attached hydrogen (secondary N) is 1. The lowest BCUT2D eigenvalue weighted by molar-refractivity contribution is 0.300. The predicted molar refractivity (Wildman–Crippen MR) is 75.9 cm³/mol. The Morgan fingerprint density at radius 3 is 2.88 bits per heavy atom. The highest BCUT2D eigenvalue weighted by Gasteiger charge is 2.11. The van der Waals surface area contributed by atoms with Crippen molar-refractivity contribution in [2.75, 3.05) is 13.2 Å². The van der Waals surface area contributed by atoms with E-state index in [9.17, 15) is 0 Å². The zero-order valence-electron chi connectivity index (χ0n) is 10.4. The lowest BCUT2D eigenvalue weighted by Crippen LogP contribution is -2.15. The molecule has 0 radical (unpaired) electrons. The van der Waals surface area contributed by atoms with Crippen molar-refractivity contribution in [2.24, 2.45) is 0 Å². The van der Waals surface area contributed by atoms with E-state index in [0.29, 0.717) is 0 Å². The van der Waals surface area contributed by atoms with Crippen LogP contribution in [0.5, 0.6) is 0 Å². The van der Waals surface area contributed by atoms with Gasteiger partial charge in [0.15, 0.2) is 0 Å². The van der Waals surface area contributed by atoms with Crippen LogP contribution in [-0.4, -0.2) is 23.5 Å². The Bertz CT molecular complexity index is 346. The molecule has 4 heteroatoms. The number of hydrogen-bond acceptors (Lipinski definition) is 3. The third kappa shape index (κ3) is 4.88. The van der Waals surface area contributed by atoms with Crippen molar-refractivity contribution in [1.29, 1.82) is 0 Å². The van der Waals surface area contributed by atoms with Gasteiger partial charge in [0, 0.05) is 16.7 Å². The molecule has 0 amide bonds. The normalized spacial score (nSPS) is 12.7. The van der Waals surface area contributed by atoms with Crippen molar-refractivity contribution in [3.63, 3.8) is 0 Å². The molecular formula is C13H20ClNOS. The molecule has 0 aliphatic rings. The Balaban J connectivity index is 2.76. The molecular weight excluding hydrogens is 254 g/mol. The topological polar surface area (TPSA) is 32.3 Å². The summed E-state index contributed by atoms with van der Waals surface area (Å²) in [5.74, 6) is 0. The summed E-state index contributed by atoms with van der Waals surface area (Å²) >= 11 is 7.85. The number of rotatable bonds is 7. The van der Waals surface area contributed by atoms with Crippen molar-refractivity contribution >= 4 is 23.4 Å².